The molecular weight excluding hydrogens is 522 g/mol. The fraction of sp³-hybridized carbons (Fsp3) is 0.290. The van der Waals surface area contributed by atoms with Crippen LogP contribution in [-0.2, 0) is 31.1 Å². The van der Waals surface area contributed by atoms with Crippen molar-refractivity contribution in [1.82, 2.24) is 9.78 Å². The molecule has 1 aromatic heterocycles. The Morgan fingerprint density at radius 1 is 0.900 bits per heavy atom. The summed E-state index contributed by atoms with van der Waals surface area (Å²) in [7, 11) is 1.77. The second kappa shape index (κ2) is 11.2. The van der Waals surface area contributed by atoms with E-state index in [1.807, 2.05) is 32.0 Å². The van der Waals surface area contributed by atoms with Crippen LogP contribution >= 0.6 is 0 Å². The van der Waals surface area contributed by atoms with Gasteiger partial charge in [-0.25, -0.2) is 4.39 Å². The number of ether oxygens (including phenoxy) is 1. The van der Waals surface area contributed by atoms with E-state index in [1.165, 1.54) is 24.3 Å². The molecule has 40 heavy (non-hydrogen) atoms. The number of anilines is 1. The summed E-state index contributed by atoms with van der Waals surface area (Å²) >= 11 is 0. The van der Waals surface area contributed by atoms with Gasteiger partial charge >= 0.3 is 6.18 Å². The van der Waals surface area contributed by atoms with Gasteiger partial charge in [-0.3, -0.25) is 9.48 Å². The summed E-state index contributed by atoms with van der Waals surface area (Å²) in [6, 6.07) is 16.9. The number of aromatic nitrogens is 2. The third kappa shape index (κ3) is 6.70. The summed E-state index contributed by atoms with van der Waals surface area (Å²) in [5.74, 6) is 1.05. The van der Waals surface area contributed by atoms with Crippen LogP contribution in [0.4, 0.5) is 23.4 Å². The van der Waals surface area contributed by atoms with Crippen molar-refractivity contribution in [3.63, 3.8) is 0 Å². The number of rotatable bonds is 9. The van der Waals surface area contributed by atoms with E-state index in [2.05, 4.69) is 10.00 Å². The van der Waals surface area contributed by atoms with Crippen molar-refractivity contribution in [3.05, 3.63) is 100 Å². The predicted molar refractivity (Wildman–Crippen MR) is 147 cm³/mol. The average molecular weight is 554 g/mol. The summed E-state index contributed by atoms with van der Waals surface area (Å²) in [5, 5.41) is 4.57. The lowest BCUT2D eigenvalue weighted by Gasteiger charge is -2.27. The number of hydrogen-bond donors (Lipinski definition) is 0. The van der Waals surface area contributed by atoms with Crippen LogP contribution in [0.1, 0.15) is 41.7 Å². The van der Waals surface area contributed by atoms with Crippen molar-refractivity contribution in [3.8, 4) is 17.0 Å². The SMILES string of the molecule is Cc1cc(CN(Cc2ccc(F)cc2)c2cc(-c3ccc(C(F)(F)F)cc3)nn2C)cc(C)c1OC(C)(C)C=O. The molecule has 0 aliphatic rings. The first-order valence-electron chi connectivity index (χ1n) is 12.7. The number of hydrogen-bond acceptors (Lipinski definition) is 4. The first-order chi connectivity index (χ1) is 18.8. The minimum absolute atomic E-state index is 0.333. The van der Waals surface area contributed by atoms with E-state index in [4.69, 9.17) is 4.74 Å². The topological polar surface area (TPSA) is 47.4 Å². The molecule has 0 N–H and O–H groups in total. The highest BCUT2D eigenvalue weighted by Crippen LogP contribution is 2.33. The lowest BCUT2D eigenvalue weighted by Crippen LogP contribution is -2.30. The zero-order valence-corrected chi connectivity index (χ0v) is 23.0. The Labute approximate surface area is 231 Å². The van der Waals surface area contributed by atoms with E-state index in [-0.39, 0.29) is 5.82 Å². The van der Waals surface area contributed by atoms with Gasteiger partial charge in [-0.05, 0) is 74.2 Å². The summed E-state index contributed by atoms with van der Waals surface area (Å²) in [6.45, 7) is 8.14. The Morgan fingerprint density at radius 3 is 2.02 bits per heavy atom. The molecule has 5 nitrogen and oxygen atoms in total. The lowest BCUT2D eigenvalue weighted by atomic mass is 10.0. The van der Waals surface area contributed by atoms with Crippen LogP contribution in [0.15, 0.2) is 66.7 Å². The van der Waals surface area contributed by atoms with Crippen LogP contribution < -0.4 is 9.64 Å². The molecule has 0 unspecified atom stereocenters. The summed E-state index contributed by atoms with van der Waals surface area (Å²) in [6.07, 6.45) is -3.65. The summed E-state index contributed by atoms with van der Waals surface area (Å²) in [5.41, 5.74) is 3.01. The highest BCUT2D eigenvalue weighted by molar-refractivity contribution is 5.64. The number of carbonyl (C=O) groups excluding carboxylic acids is 1. The minimum atomic E-state index is -4.42. The Morgan fingerprint density at radius 2 is 1.48 bits per heavy atom. The number of alkyl halides is 3. The van der Waals surface area contributed by atoms with Gasteiger partial charge < -0.3 is 9.64 Å². The van der Waals surface area contributed by atoms with Crippen LogP contribution in [0.2, 0.25) is 0 Å². The lowest BCUT2D eigenvalue weighted by molar-refractivity contribution is -0.137. The van der Waals surface area contributed by atoms with Crippen molar-refractivity contribution in [2.45, 2.75) is 52.6 Å². The van der Waals surface area contributed by atoms with Gasteiger partial charge in [-0.1, -0.05) is 36.4 Å². The molecule has 0 aliphatic heterocycles. The maximum atomic E-state index is 13.6. The highest BCUT2D eigenvalue weighted by atomic mass is 19.4. The molecule has 9 heteroatoms. The fourth-order valence-electron chi connectivity index (χ4n) is 4.55. The van der Waals surface area contributed by atoms with E-state index in [1.54, 1.807) is 37.7 Å². The molecule has 0 amide bonds. The van der Waals surface area contributed by atoms with E-state index in [9.17, 15) is 22.4 Å². The van der Waals surface area contributed by atoms with Gasteiger partial charge in [0.1, 0.15) is 17.4 Å². The Kier molecular flexibility index (Phi) is 8.05. The zero-order chi connectivity index (χ0) is 29.2. The van der Waals surface area contributed by atoms with E-state index in [0.29, 0.717) is 30.1 Å². The first kappa shape index (κ1) is 28.9. The monoisotopic (exact) mass is 553 g/mol. The number of halogens is 4. The minimum Gasteiger partial charge on any atom is -0.480 e. The number of aldehydes is 1. The third-order valence-electron chi connectivity index (χ3n) is 6.52. The van der Waals surface area contributed by atoms with Gasteiger partial charge in [-0.15, -0.1) is 0 Å². The van der Waals surface area contributed by atoms with Gasteiger partial charge in [0.25, 0.3) is 0 Å². The van der Waals surface area contributed by atoms with Gasteiger partial charge in [0, 0.05) is 31.8 Å². The molecule has 4 aromatic rings. The smallest absolute Gasteiger partial charge is 0.416 e. The van der Waals surface area contributed by atoms with Crippen molar-refractivity contribution >= 4 is 12.1 Å². The fourth-order valence-corrected chi connectivity index (χ4v) is 4.55. The van der Waals surface area contributed by atoms with Gasteiger partial charge in [0.2, 0.25) is 0 Å². The maximum absolute atomic E-state index is 13.6. The molecule has 4 rings (SSSR count). The maximum Gasteiger partial charge on any atom is 0.416 e. The molecule has 0 spiro atoms. The molecule has 0 fully saturated rings. The van der Waals surface area contributed by atoms with Gasteiger partial charge in [0.15, 0.2) is 11.9 Å². The van der Waals surface area contributed by atoms with Crippen LogP contribution in [-0.4, -0.2) is 21.7 Å². The van der Waals surface area contributed by atoms with E-state index < -0.39 is 17.3 Å². The first-order valence-corrected chi connectivity index (χ1v) is 12.7. The largest absolute Gasteiger partial charge is 0.480 e. The Hall–Kier alpha value is -4.14. The molecule has 1 heterocycles. The standard InChI is InChI=1S/C31H31F4N3O2/c1-20-14-23(15-21(2)29(20)40-30(3,4)19-39)18-38(17-22-6-12-26(32)13-7-22)28-16-27(36-37(28)5)24-8-10-25(11-9-24)31(33,34)35/h6-16,19H,17-18H2,1-5H3. The van der Waals surface area contributed by atoms with Crippen LogP contribution in [0, 0.1) is 19.7 Å². The number of carbonyl (C=O) groups is 1. The predicted octanol–water partition coefficient (Wildman–Crippen LogP) is 7.42. The second-order valence-electron chi connectivity index (χ2n) is 10.5. The van der Waals surface area contributed by atoms with Crippen molar-refractivity contribution < 1.29 is 27.1 Å². The molecule has 0 saturated heterocycles. The molecule has 0 aliphatic carbocycles. The molecule has 0 saturated carbocycles. The van der Waals surface area contributed by atoms with Crippen LogP contribution in [0.5, 0.6) is 5.75 Å². The molecule has 3 aromatic carbocycles. The number of benzene rings is 3. The summed E-state index contributed by atoms with van der Waals surface area (Å²) < 4.78 is 60.4. The van der Waals surface area contributed by atoms with Gasteiger partial charge in [0.05, 0.1) is 11.3 Å². The van der Waals surface area contributed by atoms with Crippen molar-refractivity contribution in [1.29, 1.82) is 0 Å². The summed E-state index contributed by atoms with van der Waals surface area (Å²) in [4.78, 5) is 13.5. The van der Waals surface area contributed by atoms with Crippen LogP contribution in [0.25, 0.3) is 11.3 Å². The Balaban J connectivity index is 1.69. The third-order valence-corrected chi connectivity index (χ3v) is 6.52. The number of aryl methyl sites for hydroxylation is 3. The molecule has 210 valence electrons. The number of nitrogens with zero attached hydrogens (tertiary/aromatic N) is 3. The van der Waals surface area contributed by atoms with Gasteiger partial charge in [-0.2, -0.15) is 18.3 Å². The van der Waals surface area contributed by atoms with E-state index in [0.717, 1.165) is 46.5 Å². The normalized spacial score (nSPS) is 11.9. The molecule has 0 radical (unpaired) electrons. The second-order valence-corrected chi connectivity index (χ2v) is 10.5. The molecular formula is C31H31F4N3O2. The van der Waals surface area contributed by atoms with Crippen LogP contribution in [0.3, 0.4) is 0 Å². The Bertz CT molecular complexity index is 1470. The van der Waals surface area contributed by atoms with Crippen molar-refractivity contribution in [2.24, 2.45) is 7.05 Å². The van der Waals surface area contributed by atoms with Crippen molar-refractivity contribution in [2.75, 3.05) is 4.90 Å². The molecule has 0 atom stereocenters. The average Bonchev–Trinajstić information content (AvgIpc) is 3.28. The molecule has 0 bridgehead atoms. The highest BCUT2D eigenvalue weighted by Gasteiger charge is 2.30. The zero-order valence-electron chi connectivity index (χ0n) is 23.0. The van der Waals surface area contributed by atoms with E-state index >= 15 is 0 Å². The quantitative estimate of drug-likeness (QED) is 0.160.